The third-order valence-corrected chi connectivity index (χ3v) is 13.2. The van der Waals surface area contributed by atoms with Gasteiger partial charge in [0.2, 0.25) is 0 Å². The Labute approximate surface area is 356 Å². The molecule has 0 saturated heterocycles. The number of benzene rings is 10. The average Bonchev–Trinajstić information content (AvgIpc) is 3.72. The summed E-state index contributed by atoms with van der Waals surface area (Å²) in [6, 6.07) is 75.8. The van der Waals surface area contributed by atoms with Crippen LogP contribution in [-0.2, 0) is 0 Å². The zero-order valence-corrected chi connectivity index (χ0v) is 33.8. The van der Waals surface area contributed by atoms with Crippen molar-refractivity contribution in [2.75, 3.05) is 0 Å². The summed E-state index contributed by atoms with van der Waals surface area (Å²) in [5.74, 6) is 1.94. The van der Waals surface area contributed by atoms with Crippen LogP contribution in [0.25, 0.3) is 120 Å². The van der Waals surface area contributed by atoms with E-state index in [2.05, 4.69) is 212 Å². The number of hydrogen-bond acceptors (Lipinski definition) is 4. The Morgan fingerprint density at radius 1 is 0.262 bits per heavy atom. The molecule has 12 rings (SSSR count). The van der Waals surface area contributed by atoms with Crippen molar-refractivity contribution in [3.63, 3.8) is 0 Å². The predicted molar refractivity (Wildman–Crippen MR) is 258 cm³/mol. The minimum absolute atomic E-state index is 0.642. The van der Waals surface area contributed by atoms with Crippen LogP contribution >= 0.6 is 11.3 Å². The molecule has 2 aromatic heterocycles. The molecule has 4 heteroatoms. The lowest BCUT2D eigenvalue weighted by atomic mass is 9.93. The monoisotopic (exact) mass is 793 g/mol. The van der Waals surface area contributed by atoms with Crippen molar-refractivity contribution < 1.29 is 0 Å². The van der Waals surface area contributed by atoms with Crippen molar-refractivity contribution >= 4 is 63.8 Å². The summed E-state index contributed by atoms with van der Waals surface area (Å²) in [7, 11) is 0. The number of nitrogens with zero attached hydrogens (tertiary/aromatic N) is 3. The molecular weight excluding hydrogens is 759 g/mol. The minimum atomic E-state index is 0.642. The van der Waals surface area contributed by atoms with Crippen LogP contribution in [0.5, 0.6) is 0 Å². The van der Waals surface area contributed by atoms with Gasteiger partial charge in [-0.2, -0.15) is 0 Å². The van der Waals surface area contributed by atoms with E-state index in [1.165, 1.54) is 58.8 Å². The van der Waals surface area contributed by atoms with Gasteiger partial charge in [-0.3, -0.25) is 0 Å². The summed E-state index contributed by atoms with van der Waals surface area (Å²) in [5, 5.41) is 9.38. The molecule has 0 aliphatic carbocycles. The smallest absolute Gasteiger partial charge is 0.165 e. The van der Waals surface area contributed by atoms with Gasteiger partial charge in [-0.05, 0) is 96.0 Å². The van der Waals surface area contributed by atoms with E-state index in [0.29, 0.717) is 17.5 Å². The number of rotatable bonds is 6. The molecule has 0 N–H and O–H groups in total. The van der Waals surface area contributed by atoms with Crippen molar-refractivity contribution in [3.05, 3.63) is 212 Å². The standard InChI is InChI=1S/C57H35N3S/c1-2-13-36(14-3-1)38-25-28-39(29-26-38)42-31-33-50(46-19-8-6-17-44(42)46)55-58-56(60-57(59-55)52-23-12-22-49-48-21-10-11-24-53(48)61-54(49)52)51-34-32-43(45-18-7-9-20-47(45)51)41-30-27-37-15-4-5-16-40(37)35-41/h1-35H. The van der Waals surface area contributed by atoms with Crippen LogP contribution in [0, 0.1) is 0 Å². The van der Waals surface area contributed by atoms with Gasteiger partial charge in [0.15, 0.2) is 17.5 Å². The first-order chi connectivity index (χ1) is 30.2. The quantitative estimate of drug-likeness (QED) is 0.168. The van der Waals surface area contributed by atoms with Crippen molar-refractivity contribution in [2.45, 2.75) is 0 Å². The molecule has 0 atom stereocenters. The van der Waals surface area contributed by atoms with Gasteiger partial charge >= 0.3 is 0 Å². The van der Waals surface area contributed by atoms with Gasteiger partial charge in [0.1, 0.15) is 0 Å². The molecule has 12 aromatic rings. The van der Waals surface area contributed by atoms with E-state index in [0.717, 1.165) is 43.8 Å². The molecule has 0 bridgehead atoms. The molecule has 0 amide bonds. The fraction of sp³-hybridized carbons (Fsp3) is 0. The SMILES string of the molecule is c1ccc(-c2ccc(-c3ccc(-c4nc(-c5ccc(-c6ccc7ccccc7c6)c6ccccc56)nc(-c5cccc6c5sc5ccccc56)n4)c4ccccc34)cc2)cc1. The van der Waals surface area contributed by atoms with E-state index in [9.17, 15) is 0 Å². The van der Waals surface area contributed by atoms with Gasteiger partial charge in [-0.25, -0.2) is 15.0 Å². The number of aromatic nitrogens is 3. The largest absolute Gasteiger partial charge is 0.208 e. The van der Waals surface area contributed by atoms with Gasteiger partial charge in [0, 0.05) is 36.9 Å². The fourth-order valence-corrected chi connectivity index (χ4v) is 10.2. The molecule has 10 aromatic carbocycles. The second-order valence-corrected chi connectivity index (χ2v) is 16.6. The number of thiophene rings is 1. The first-order valence-electron chi connectivity index (χ1n) is 20.6. The summed E-state index contributed by atoms with van der Waals surface area (Å²) >= 11 is 1.79. The van der Waals surface area contributed by atoms with Crippen LogP contribution in [0.3, 0.4) is 0 Å². The molecule has 0 spiro atoms. The van der Waals surface area contributed by atoms with Gasteiger partial charge in [-0.1, -0.05) is 182 Å². The topological polar surface area (TPSA) is 38.7 Å². The summed E-state index contributed by atoms with van der Waals surface area (Å²) in [5.41, 5.74) is 10.0. The van der Waals surface area contributed by atoms with Crippen LogP contribution in [-0.4, -0.2) is 15.0 Å². The lowest BCUT2D eigenvalue weighted by Gasteiger charge is -2.15. The maximum Gasteiger partial charge on any atom is 0.165 e. The van der Waals surface area contributed by atoms with E-state index in [-0.39, 0.29) is 0 Å². The Morgan fingerprint density at radius 3 is 1.39 bits per heavy atom. The van der Waals surface area contributed by atoms with Crippen molar-refractivity contribution in [3.8, 4) is 67.5 Å². The predicted octanol–water partition coefficient (Wildman–Crippen LogP) is 15.7. The molecule has 0 unspecified atom stereocenters. The van der Waals surface area contributed by atoms with Gasteiger partial charge < -0.3 is 0 Å². The molecule has 0 aliphatic heterocycles. The third kappa shape index (κ3) is 6.07. The fourth-order valence-electron chi connectivity index (χ4n) is 8.98. The highest BCUT2D eigenvalue weighted by atomic mass is 32.1. The molecule has 61 heavy (non-hydrogen) atoms. The molecule has 3 nitrogen and oxygen atoms in total. The molecule has 0 fully saturated rings. The normalized spacial score (nSPS) is 11.6. The molecule has 0 radical (unpaired) electrons. The second-order valence-electron chi connectivity index (χ2n) is 15.5. The lowest BCUT2D eigenvalue weighted by molar-refractivity contribution is 1.08. The van der Waals surface area contributed by atoms with Crippen molar-refractivity contribution in [1.82, 2.24) is 15.0 Å². The van der Waals surface area contributed by atoms with Crippen LogP contribution in [0.2, 0.25) is 0 Å². The van der Waals surface area contributed by atoms with E-state index >= 15 is 0 Å². The Morgan fingerprint density at radius 2 is 0.721 bits per heavy atom. The van der Waals surface area contributed by atoms with Gasteiger partial charge in [-0.15, -0.1) is 11.3 Å². The summed E-state index contributed by atoms with van der Waals surface area (Å²) in [6.45, 7) is 0. The van der Waals surface area contributed by atoms with Crippen LogP contribution in [0.15, 0.2) is 212 Å². The van der Waals surface area contributed by atoms with Crippen molar-refractivity contribution in [1.29, 1.82) is 0 Å². The van der Waals surface area contributed by atoms with E-state index < -0.39 is 0 Å². The zero-order chi connectivity index (χ0) is 40.3. The Hall–Kier alpha value is -7.79. The van der Waals surface area contributed by atoms with Gasteiger partial charge in [0.05, 0.1) is 0 Å². The first kappa shape index (κ1) is 35.2. The summed E-state index contributed by atoms with van der Waals surface area (Å²) in [4.78, 5) is 16.1. The van der Waals surface area contributed by atoms with E-state index in [4.69, 9.17) is 15.0 Å². The first-order valence-corrected chi connectivity index (χ1v) is 21.4. The molecule has 0 saturated carbocycles. The maximum atomic E-state index is 5.39. The molecule has 284 valence electrons. The van der Waals surface area contributed by atoms with Crippen LogP contribution in [0.4, 0.5) is 0 Å². The zero-order valence-electron chi connectivity index (χ0n) is 33.0. The molecule has 0 aliphatic rings. The maximum absolute atomic E-state index is 5.39. The van der Waals surface area contributed by atoms with E-state index in [1.807, 2.05) is 0 Å². The van der Waals surface area contributed by atoms with Gasteiger partial charge in [0.25, 0.3) is 0 Å². The highest BCUT2D eigenvalue weighted by Crippen LogP contribution is 2.42. The highest BCUT2D eigenvalue weighted by molar-refractivity contribution is 7.26. The second kappa shape index (κ2) is 14.5. The van der Waals surface area contributed by atoms with E-state index in [1.54, 1.807) is 11.3 Å². The Kier molecular flexibility index (Phi) is 8.36. The van der Waals surface area contributed by atoms with Crippen LogP contribution < -0.4 is 0 Å². The average molecular weight is 794 g/mol. The van der Waals surface area contributed by atoms with Crippen molar-refractivity contribution in [2.24, 2.45) is 0 Å². The minimum Gasteiger partial charge on any atom is -0.208 e. The highest BCUT2D eigenvalue weighted by Gasteiger charge is 2.20. The summed E-state index contributed by atoms with van der Waals surface area (Å²) in [6.07, 6.45) is 0. The lowest BCUT2D eigenvalue weighted by Crippen LogP contribution is -2.01. The Balaban J connectivity index is 1.06. The molecular formula is C57H35N3S. The Bertz CT molecular complexity index is 3650. The number of fused-ring (bicyclic) bond motifs is 6. The number of hydrogen-bond donors (Lipinski definition) is 0. The third-order valence-electron chi connectivity index (χ3n) is 12.0. The molecule has 2 heterocycles. The summed E-state index contributed by atoms with van der Waals surface area (Å²) < 4.78 is 2.41. The van der Waals surface area contributed by atoms with Crippen LogP contribution in [0.1, 0.15) is 0 Å².